The molecule has 0 bridgehead atoms. The van der Waals surface area contributed by atoms with Crippen molar-refractivity contribution in [3.63, 3.8) is 0 Å². The van der Waals surface area contributed by atoms with Gasteiger partial charge in [-0.3, -0.25) is 9.59 Å². The Morgan fingerprint density at radius 1 is 1.14 bits per heavy atom. The molecule has 2 aromatic carbocycles. The molecule has 0 radical (unpaired) electrons. The Hall–Kier alpha value is -3.86. The third-order valence-electron chi connectivity index (χ3n) is 5.89. The van der Waals surface area contributed by atoms with Gasteiger partial charge in [0.1, 0.15) is 5.70 Å². The number of nitrogens with zero attached hydrogens (tertiary/aromatic N) is 1. The van der Waals surface area contributed by atoms with Crippen LogP contribution in [-0.4, -0.2) is 53.3 Å². The second-order valence-corrected chi connectivity index (χ2v) is 9.90. The summed E-state index contributed by atoms with van der Waals surface area (Å²) in [5.74, 6) is -1.61. The van der Waals surface area contributed by atoms with Crippen LogP contribution in [0.25, 0.3) is 0 Å². The number of amides is 1. The first-order valence-corrected chi connectivity index (χ1v) is 11.1. The number of aliphatic hydroxyl groups is 1. The fourth-order valence-electron chi connectivity index (χ4n) is 4.03. The van der Waals surface area contributed by atoms with Gasteiger partial charge in [-0.15, -0.1) is 8.78 Å². The van der Waals surface area contributed by atoms with E-state index in [1.54, 1.807) is 26.2 Å². The summed E-state index contributed by atoms with van der Waals surface area (Å²) >= 11 is 0. The quantitative estimate of drug-likeness (QED) is 0.443. The fraction of sp³-hybridized carbons (Fsp3) is 0.360. The molecule has 1 amide bonds. The number of halogens is 2. The number of nitrogens with one attached hydrogen (secondary N) is 2. The Morgan fingerprint density at radius 2 is 1.81 bits per heavy atom. The number of benzene rings is 2. The van der Waals surface area contributed by atoms with Crippen molar-refractivity contribution >= 4 is 17.4 Å². The predicted molar refractivity (Wildman–Crippen MR) is 126 cm³/mol. The summed E-state index contributed by atoms with van der Waals surface area (Å²) in [4.78, 5) is 26.2. The Bertz CT molecular complexity index is 1270. The number of aliphatic hydroxyl groups excluding tert-OH is 1. The Labute approximate surface area is 206 Å². The van der Waals surface area contributed by atoms with Gasteiger partial charge in [0.15, 0.2) is 23.4 Å². The van der Waals surface area contributed by atoms with Gasteiger partial charge in [0.25, 0.3) is 5.91 Å². The lowest BCUT2D eigenvalue weighted by atomic mass is 9.80. The number of hydrogen-bond donors (Lipinski definition) is 4. The van der Waals surface area contributed by atoms with E-state index in [9.17, 15) is 28.6 Å². The van der Waals surface area contributed by atoms with E-state index in [4.69, 9.17) is 0 Å². The van der Waals surface area contributed by atoms with Crippen LogP contribution in [0, 0.1) is 5.41 Å². The van der Waals surface area contributed by atoms with Crippen molar-refractivity contribution in [3.05, 3.63) is 58.9 Å². The van der Waals surface area contributed by atoms with E-state index in [0.717, 1.165) is 0 Å². The fourth-order valence-corrected chi connectivity index (χ4v) is 4.03. The van der Waals surface area contributed by atoms with Gasteiger partial charge in [-0.05, 0) is 35.2 Å². The largest absolute Gasteiger partial charge is 0.586 e. The third kappa shape index (κ3) is 4.53. The average molecular weight is 504 g/mol. The maximum Gasteiger partial charge on any atom is 0.586 e. The first-order chi connectivity index (χ1) is 16.7. The van der Waals surface area contributed by atoms with E-state index in [1.165, 1.54) is 29.2 Å². The molecular formula is C25H27F2N3O6. The maximum absolute atomic E-state index is 13.5. The molecule has 1 aliphatic carbocycles. The third-order valence-corrected chi connectivity index (χ3v) is 5.89. The minimum atomic E-state index is -3.76. The number of hydrogen-bond acceptors (Lipinski definition) is 8. The molecule has 1 unspecified atom stereocenters. The van der Waals surface area contributed by atoms with Gasteiger partial charge in [0.05, 0.1) is 23.0 Å². The molecule has 2 aromatic rings. The zero-order valence-corrected chi connectivity index (χ0v) is 20.3. The summed E-state index contributed by atoms with van der Waals surface area (Å²) in [7, 11) is 3.09. The molecule has 0 spiro atoms. The van der Waals surface area contributed by atoms with Crippen LogP contribution in [0.4, 0.5) is 14.5 Å². The Kier molecular flexibility index (Phi) is 6.07. The molecule has 4 rings (SSSR count). The minimum Gasteiger partial charge on any atom is -0.505 e. The van der Waals surface area contributed by atoms with Crippen LogP contribution < -0.4 is 20.1 Å². The molecule has 0 aromatic heterocycles. The van der Waals surface area contributed by atoms with Crippen LogP contribution >= 0.6 is 0 Å². The monoisotopic (exact) mass is 503 g/mol. The van der Waals surface area contributed by atoms with Crippen LogP contribution in [-0.2, 0) is 4.79 Å². The van der Waals surface area contributed by atoms with E-state index in [2.05, 4.69) is 20.1 Å². The lowest BCUT2D eigenvalue weighted by Crippen LogP contribution is -2.48. The van der Waals surface area contributed by atoms with E-state index in [0.29, 0.717) is 5.56 Å². The minimum absolute atomic E-state index is 0.00813. The summed E-state index contributed by atoms with van der Waals surface area (Å²) in [5.41, 5.74) is 0.363. The normalized spacial score (nSPS) is 19.0. The number of aromatic hydroxyl groups is 1. The second-order valence-electron chi connectivity index (χ2n) is 9.90. The zero-order chi connectivity index (χ0) is 26.6. The van der Waals surface area contributed by atoms with Crippen LogP contribution in [0.3, 0.4) is 0 Å². The number of ketones is 1. The number of alkyl halides is 2. The number of anilines is 1. The van der Waals surface area contributed by atoms with Crippen molar-refractivity contribution in [2.45, 2.75) is 39.2 Å². The Balaban J connectivity index is 1.67. The van der Waals surface area contributed by atoms with E-state index in [1.807, 2.05) is 20.8 Å². The zero-order valence-electron chi connectivity index (χ0n) is 20.3. The molecule has 0 saturated carbocycles. The smallest absolute Gasteiger partial charge is 0.505 e. The lowest BCUT2D eigenvalue weighted by Gasteiger charge is -2.38. The number of carbonyl (C=O) groups excluding carboxylic acids is 2. The molecule has 0 saturated heterocycles. The number of fused-ring (bicyclic) bond motifs is 1. The number of rotatable bonds is 6. The summed E-state index contributed by atoms with van der Waals surface area (Å²) in [6, 6.07) is 8.32. The van der Waals surface area contributed by atoms with Crippen LogP contribution in [0.15, 0.2) is 47.8 Å². The molecule has 9 nitrogen and oxygen atoms in total. The standard InChI is InChI=1S/C25H27F2N3O6/c1-24(2,3)22(12-9-10-15-16(11-12)36-25(26,27)35-15)29-18-17(20(32)21(18)33)28-14-8-6-7-13(19(14)31)23(34)30(4)5/h6-11,21-22,28-29,31,33H,1-5H3/t21?,22-/m0/s1. The molecule has 1 heterocycles. The van der Waals surface area contributed by atoms with E-state index >= 15 is 0 Å². The van der Waals surface area contributed by atoms with Gasteiger partial charge >= 0.3 is 6.29 Å². The summed E-state index contributed by atoms with van der Waals surface area (Å²) in [6.45, 7) is 5.69. The summed E-state index contributed by atoms with van der Waals surface area (Å²) in [5, 5.41) is 27.0. The van der Waals surface area contributed by atoms with E-state index < -0.39 is 35.5 Å². The molecule has 0 fully saturated rings. The van der Waals surface area contributed by atoms with Gasteiger partial charge in [-0.1, -0.05) is 32.9 Å². The van der Waals surface area contributed by atoms with Gasteiger partial charge in [-0.2, -0.15) is 0 Å². The van der Waals surface area contributed by atoms with Crippen LogP contribution in [0.1, 0.15) is 42.7 Å². The van der Waals surface area contributed by atoms with Crippen molar-refractivity contribution in [2.24, 2.45) is 5.41 Å². The summed E-state index contributed by atoms with van der Waals surface area (Å²) < 4.78 is 36.0. The lowest BCUT2D eigenvalue weighted by molar-refractivity contribution is -0.286. The highest BCUT2D eigenvalue weighted by Crippen LogP contribution is 2.45. The highest BCUT2D eigenvalue weighted by molar-refractivity contribution is 6.11. The Morgan fingerprint density at radius 3 is 2.44 bits per heavy atom. The molecule has 36 heavy (non-hydrogen) atoms. The molecule has 4 N–H and O–H groups in total. The molecular weight excluding hydrogens is 476 g/mol. The van der Waals surface area contributed by atoms with Gasteiger partial charge in [-0.25, -0.2) is 0 Å². The summed E-state index contributed by atoms with van der Waals surface area (Å²) in [6.07, 6.45) is -5.21. The van der Waals surface area contributed by atoms with Gasteiger partial charge < -0.3 is 35.2 Å². The van der Waals surface area contributed by atoms with Crippen molar-refractivity contribution in [1.29, 1.82) is 0 Å². The SMILES string of the molecule is CN(C)C(=O)c1cccc(NC2=C(N[C@@H](c3ccc4c(c3)OC(F)(F)O4)C(C)(C)C)C(O)C2=O)c1O. The number of phenols is 1. The average Bonchev–Trinajstić information content (AvgIpc) is 3.10. The maximum atomic E-state index is 13.5. The van der Waals surface area contributed by atoms with Crippen molar-refractivity contribution in [2.75, 3.05) is 19.4 Å². The number of phenolic OH excluding ortho intramolecular Hbond substituents is 1. The first kappa shape index (κ1) is 25.2. The topological polar surface area (TPSA) is 120 Å². The predicted octanol–water partition coefficient (Wildman–Crippen LogP) is 3.36. The molecule has 11 heteroatoms. The highest BCUT2D eigenvalue weighted by Gasteiger charge is 2.45. The highest BCUT2D eigenvalue weighted by atomic mass is 19.3. The van der Waals surface area contributed by atoms with Crippen LogP contribution in [0.5, 0.6) is 17.2 Å². The van der Waals surface area contributed by atoms with Crippen molar-refractivity contribution in [3.8, 4) is 17.2 Å². The second kappa shape index (κ2) is 8.66. The molecule has 2 atom stereocenters. The van der Waals surface area contributed by atoms with Crippen molar-refractivity contribution in [1.82, 2.24) is 10.2 Å². The molecule has 192 valence electrons. The molecule has 1 aliphatic heterocycles. The van der Waals surface area contributed by atoms with Gasteiger partial charge in [0.2, 0.25) is 5.78 Å². The number of ether oxygens (including phenoxy) is 2. The first-order valence-electron chi connectivity index (χ1n) is 11.1. The van der Waals surface area contributed by atoms with Gasteiger partial charge in [0, 0.05) is 14.1 Å². The molecule has 2 aliphatic rings. The number of Topliss-reactive ketones (excluding diaryl/α,β-unsaturated/α-hetero) is 1. The number of para-hydroxylation sites is 1. The van der Waals surface area contributed by atoms with Crippen LogP contribution in [0.2, 0.25) is 0 Å². The van der Waals surface area contributed by atoms with E-state index in [-0.39, 0.29) is 39.9 Å². The van der Waals surface area contributed by atoms with Crippen molar-refractivity contribution < 1.29 is 38.1 Å². The number of carbonyl (C=O) groups is 2.